The Labute approximate surface area is 98.2 Å². The van der Waals surface area contributed by atoms with E-state index >= 15 is 0 Å². The zero-order chi connectivity index (χ0) is 13.0. The molecule has 0 aliphatic carbocycles. The molecule has 0 aromatic heterocycles. The summed E-state index contributed by atoms with van der Waals surface area (Å²) in [5, 5.41) is 17.7. The molecule has 6 nitrogen and oxygen atoms in total. The van der Waals surface area contributed by atoms with Crippen LogP contribution in [0.5, 0.6) is 11.5 Å². The predicted molar refractivity (Wildman–Crippen MR) is 58.8 cm³/mol. The summed E-state index contributed by atoms with van der Waals surface area (Å²) in [6.45, 7) is 0. The lowest BCUT2D eigenvalue weighted by molar-refractivity contribution is -0.138. The molecular formula is C11H12N2O4. The maximum atomic E-state index is 10.9. The Morgan fingerprint density at radius 1 is 1.47 bits per heavy atom. The molecule has 0 fully saturated rings. The van der Waals surface area contributed by atoms with Gasteiger partial charge in [-0.25, -0.2) is 0 Å². The number of hydrogen-bond donors (Lipinski definition) is 2. The van der Waals surface area contributed by atoms with Crippen LogP contribution in [0.4, 0.5) is 0 Å². The second-order valence-electron chi connectivity index (χ2n) is 3.23. The van der Waals surface area contributed by atoms with Gasteiger partial charge >= 0.3 is 5.97 Å². The summed E-state index contributed by atoms with van der Waals surface area (Å²) in [5.74, 6) is -0.708. The summed E-state index contributed by atoms with van der Waals surface area (Å²) < 4.78 is 10.1. The van der Waals surface area contributed by atoms with E-state index in [2.05, 4.69) is 0 Å². The minimum atomic E-state index is -1.27. The number of hydrogen-bond acceptors (Lipinski definition) is 5. The normalized spacial score (nSPS) is 11.4. The van der Waals surface area contributed by atoms with Gasteiger partial charge in [0.25, 0.3) is 0 Å². The van der Waals surface area contributed by atoms with Gasteiger partial charge in [-0.05, 0) is 6.07 Å². The maximum Gasteiger partial charge on any atom is 0.325 e. The highest BCUT2D eigenvalue weighted by Crippen LogP contribution is 2.35. The monoisotopic (exact) mass is 236 g/mol. The topological polar surface area (TPSA) is 106 Å². The summed E-state index contributed by atoms with van der Waals surface area (Å²) in [5.41, 5.74) is 5.98. The molecule has 1 aromatic rings. The van der Waals surface area contributed by atoms with E-state index in [-0.39, 0.29) is 22.6 Å². The molecule has 1 aromatic carbocycles. The molecule has 17 heavy (non-hydrogen) atoms. The molecular weight excluding hydrogens is 224 g/mol. The SMILES string of the molecule is COc1cc(C#N)cc(C(N)C(=O)O)c1OC. The van der Waals surface area contributed by atoms with Gasteiger partial charge in [-0.3, -0.25) is 4.79 Å². The highest BCUT2D eigenvalue weighted by molar-refractivity contribution is 5.77. The third-order valence-corrected chi connectivity index (χ3v) is 2.24. The molecule has 0 amide bonds. The molecule has 0 saturated carbocycles. The fraction of sp³-hybridized carbons (Fsp3) is 0.273. The van der Waals surface area contributed by atoms with Crippen molar-refractivity contribution in [2.24, 2.45) is 5.73 Å². The largest absolute Gasteiger partial charge is 0.493 e. The highest BCUT2D eigenvalue weighted by atomic mass is 16.5. The molecule has 0 radical (unpaired) electrons. The lowest BCUT2D eigenvalue weighted by Gasteiger charge is -2.15. The van der Waals surface area contributed by atoms with E-state index in [9.17, 15) is 4.79 Å². The summed E-state index contributed by atoms with van der Waals surface area (Å²) in [4.78, 5) is 10.9. The average molecular weight is 236 g/mol. The Morgan fingerprint density at radius 2 is 2.12 bits per heavy atom. The lowest BCUT2D eigenvalue weighted by Crippen LogP contribution is -2.21. The number of nitrogens with zero attached hydrogens (tertiary/aromatic N) is 1. The van der Waals surface area contributed by atoms with Crippen molar-refractivity contribution in [3.05, 3.63) is 23.3 Å². The van der Waals surface area contributed by atoms with Crippen molar-refractivity contribution in [3.63, 3.8) is 0 Å². The van der Waals surface area contributed by atoms with Gasteiger partial charge in [-0.15, -0.1) is 0 Å². The molecule has 1 unspecified atom stereocenters. The molecule has 0 bridgehead atoms. The highest BCUT2D eigenvalue weighted by Gasteiger charge is 2.22. The zero-order valence-corrected chi connectivity index (χ0v) is 9.43. The van der Waals surface area contributed by atoms with Crippen LogP contribution < -0.4 is 15.2 Å². The molecule has 0 saturated heterocycles. The van der Waals surface area contributed by atoms with Crippen molar-refractivity contribution in [2.45, 2.75) is 6.04 Å². The standard InChI is InChI=1S/C11H12N2O4/c1-16-8-4-6(5-12)3-7(10(8)17-2)9(13)11(14)15/h3-4,9H,13H2,1-2H3,(H,14,15). The summed E-state index contributed by atoms with van der Waals surface area (Å²) in [7, 11) is 2.77. The number of nitrogens with two attached hydrogens (primary N) is 1. The van der Waals surface area contributed by atoms with E-state index in [1.165, 1.54) is 26.4 Å². The predicted octanol–water partition coefficient (Wildman–Crippen LogP) is 0.660. The molecule has 90 valence electrons. The van der Waals surface area contributed by atoms with E-state index in [1.54, 1.807) is 0 Å². The van der Waals surface area contributed by atoms with Gasteiger partial charge in [0, 0.05) is 11.6 Å². The second kappa shape index (κ2) is 5.18. The van der Waals surface area contributed by atoms with Crippen LogP contribution in [0.1, 0.15) is 17.2 Å². The van der Waals surface area contributed by atoms with Crippen molar-refractivity contribution in [1.29, 1.82) is 5.26 Å². The van der Waals surface area contributed by atoms with Crippen molar-refractivity contribution < 1.29 is 19.4 Å². The lowest BCUT2D eigenvalue weighted by atomic mass is 10.0. The Bertz CT molecular complexity index is 479. The Morgan fingerprint density at radius 3 is 2.53 bits per heavy atom. The van der Waals surface area contributed by atoms with Crippen LogP contribution in [0.2, 0.25) is 0 Å². The first-order valence-corrected chi connectivity index (χ1v) is 4.69. The number of ether oxygens (including phenoxy) is 2. The van der Waals surface area contributed by atoms with Crippen LogP contribution in [0.15, 0.2) is 12.1 Å². The van der Waals surface area contributed by atoms with Crippen LogP contribution in [-0.4, -0.2) is 25.3 Å². The van der Waals surface area contributed by atoms with Crippen LogP contribution >= 0.6 is 0 Å². The minimum Gasteiger partial charge on any atom is -0.493 e. The quantitative estimate of drug-likeness (QED) is 0.795. The van der Waals surface area contributed by atoms with E-state index in [0.29, 0.717) is 0 Å². The average Bonchev–Trinajstić information content (AvgIpc) is 2.35. The number of methoxy groups -OCH3 is 2. The minimum absolute atomic E-state index is 0.205. The summed E-state index contributed by atoms with van der Waals surface area (Å²) in [6, 6.07) is 3.46. The van der Waals surface area contributed by atoms with Gasteiger partial charge in [0.1, 0.15) is 6.04 Å². The van der Waals surface area contributed by atoms with E-state index in [0.717, 1.165) is 0 Å². The molecule has 0 spiro atoms. The molecule has 3 N–H and O–H groups in total. The molecule has 1 rings (SSSR count). The molecule has 0 heterocycles. The van der Waals surface area contributed by atoms with Crippen molar-refractivity contribution in [3.8, 4) is 17.6 Å². The second-order valence-corrected chi connectivity index (χ2v) is 3.23. The Hall–Kier alpha value is -2.26. The number of carboxylic acid groups (broad SMARTS) is 1. The third kappa shape index (κ3) is 2.46. The number of carboxylic acids is 1. The van der Waals surface area contributed by atoms with Crippen LogP contribution in [-0.2, 0) is 4.79 Å². The first-order chi connectivity index (χ1) is 8.04. The summed E-state index contributed by atoms with van der Waals surface area (Å²) >= 11 is 0. The van der Waals surface area contributed by atoms with Gasteiger partial charge in [0.05, 0.1) is 25.9 Å². The fourth-order valence-corrected chi connectivity index (χ4v) is 1.42. The van der Waals surface area contributed by atoms with E-state index in [1.807, 2.05) is 6.07 Å². The van der Waals surface area contributed by atoms with Gasteiger partial charge in [0.2, 0.25) is 0 Å². The van der Waals surface area contributed by atoms with Crippen LogP contribution in [0.25, 0.3) is 0 Å². The van der Waals surface area contributed by atoms with Crippen molar-refractivity contribution >= 4 is 5.97 Å². The summed E-state index contributed by atoms with van der Waals surface area (Å²) in [6.07, 6.45) is 0. The van der Waals surface area contributed by atoms with Crippen molar-refractivity contribution in [1.82, 2.24) is 0 Å². The third-order valence-electron chi connectivity index (χ3n) is 2.24. The van der Waals surface area contributed by atoms with E-state index in [4.69, 9.17) is 25.6 Å². The molecule has 0 aliphatic rings. The Kier molecular flexibility index (Phi) is 3.91. The smallest absolute Gasteiger partial charge is 0.325 e. The molecule has 0 aliphatic heterocycles. The van der Waals surface area contributed by atoms with Crippen LogP contribution in [0, 0.1) is 11.3 Å². The first kappa shape index (κ1) is 12.8. The van der Waals surface area contributed by atoms with Gasteiger partial charge in [-0.2, -0.15) is 5.26 Å². The van der Waals surface area contributed by atoms with Crippen molar-refractivity contribution in [2.75, 3.05) is 14.2 Å². The number of rotatable bonds is 4. The number of nitriles is 1. The number of carbonyl (C=O) groups is 1. The number of benzene rings is 1. The fourth-order valence-electron chi connectivity index (χ4n) is 1.42. The first-order valence-electron chi connectivity index (χ1n) is 4.69. The zero-order valence-electron chi connectivity index (χ0n) is 9.43. The van der Waals surface area contributed by atoms with E-state index < -0.39 is 12.0 Å². The maximum absolute atomic E-state index is 10.9. The molecule has 1 atom stereocenters. The molecule has 6 heteroatoms. The Balaban J connectivity index is 3.45. The van der Waals surface area contributed by atoms with Gasteiger partial charge < -0.3 is 20.3 Å². The van der Waals surface area contributed by atoms with Gasteiger partial charge in [0.15, 0.2) is 11.5 Å². The number of aliphatic carboxylic acids is 1. The van der Waals surface area contributed by atoms with Crippen LogP contribution in [0.3, 0.4) is 0 Å². The van der Waals surface area contributed by atoms with Gasteiger partial charge in [-0.1, -0.05) is 0 Å².